The first-order valence-electron chi connectivity index (χ1n) is 12.5. The highest BCUT2D eigenvalue weighted by atomic mass is 32.1. The number of Topliss-reactive ketones (excluding diaryl/α,β-unsaturated/α-hetero) is 3. The van der Waals surface area contributed by atoms with Crippen LogP contribution in [0.15, 0.2) is 45.6 Å². The SMILES string of the molecule is Nc1nc(-c2ccco2)c(C2(C(=O)C3(c4sc(N)nc4-c4ccco4)CCC(=O)CC3)CCC(=O)CC2)s1. The van der Waals surface area contributed by atoms with Crippen molar-refractivity contribution in [2.24, 2.45) is 0 Å². The Hall–Kier alpha value is -3.57. The summed E-state index contributed by atoms with van der Waals surface area (Å²) in [6.45, 7) is 0. The maximum atomic E-state index is 15.3. The number of hydrogen-bond acceptors (Lipinski definition) is 11. The van der Waals surface area contributed by atoms with E-state index in [0.717, 1.165) is 0 Å². The molecule has 2 aliphatic rings. The van der Waals surface area contributed by atoms with Gasteiger partial charge in [0.15, 0.2) is 27.6 Å². The van der Waals surface area contributed by atoms with Crippen LogP contribution in [-0.2, 0) is 25.2 Å². The van der Waals surface area contributed by atoms with Gasteiger partial charge in [0.25, 0.3) is 0 Å². The molecule has 38 heavy (non-hydrogen) atoms. The number of furan rings is 2. The molecule has 0 unspecified atom stereocenters. The lowest BCUT2D eigenvalue weighted by Crippen LogP contribution is -2.52. The van der Waals surface area contributed by atoms with Crippen LogP contribution in [0.5, 0.6) is 0 Å². The zero-order valence-electron chi connectivity index (χ0n) is 20.5. The number of anilines is 2. The Labute approximate surface area is 226 Å². The van der Waals surface area contributed by atoms with Gasteiger partial charge in [-0.3, -0.25) is 14.4 Å². The molecule has 0 amide bonds. The van der Waals surface area contributed by atoms with E-state index < -0.39 is 10.8 Å². The van der Waals surface area contributed by atoms with Gasteiger partial charge in [0, 0.05) is 25.7 Å². The summed E-state index contributed by atoms with van der Waals surface area (Å²) in [5.41, 5.74) is 11.4. The molecule has 4 heterocycles. The summed E-state index contributed by atoms with van der Waals surface area (Å²) in [6, 6.07) is 7.10. The van der Waals surface area contributed by atoms with Crippen LogP contribution in [-0.4, -0.2) is 27.3 Å². The van der Waals surface area contributed by atoms with Gasteiger partial charge in [0.05, 0.1) is 33.1 Å². The second kappa shape index (κ2) is 9.32. The van der Waals surface area contributed by atoms with E-state index in [0.29, 0.717) is 68.6 Å². The first-order valence-corrected chi connectivity index (χ1v) is 14.2. The van der Waals surface area contributed by atoms with Crippen LogP contribution in [0.3, 0.4) is 0 Å². The number of nitrogens with zero attached hydrogens (tertiary/aromatic N) is 2. The van der Waals surface area contributed by atoms with Crippen molar-refractivity contribution in [3.8, 4) is 22.9 Å². The quantitative estimate of drug-likeness (QED) is 0.324. The molecule has 9 nitrogen and oxygen atoms in total. The lowest BCUT2D eigenvalue weighted by molar-refractivity contribution is -0.135. The third kappa shape index (κ3) is 3.92. The Bertz CT molecular complexity index is 1380. The van der Waals surface area contributed by atoms with E-state index in [-0.39, 0.29) is 43.0 Å². The van der Waals surface area contributed by atoms with Crippen LogP contribution in [0.1, 0.15) is 61.1 Å². The summed E-state index contributed by atoms with van der Waals surface area (Å²) in [7, 11) is 0. The van der Waals surface area contributed by atoms with Gasteiger partial charge in [-0.1, -0.05) is 0 Å². The Kier molecular flexibility index (Phi) is 6.07. The molecule has 4 aromatic rings. The van der Waals surface area contributed by atoms with Crippen molar-refractivity contribution < 1.29 is 23.2 Å². The van der Waals surface area contributed by atoms with Crippen molar-refractivity contribution in [1.29, 1.82) is 0 Å². The number of aromatic nitrogens is 2. The second-order valence-corrected chi connectivity index (χ2v) is 12.0. The van der Waals surface area contributed by atoms with E-state index in [9.17, 15) is 9.59 Å². The average molecular weight is 551 g/mol. The van der Waals surface area contributed by atoms with Crippen LogP contribution >= 0.6 is 22.7 Å². The van der Waals surface area contributed by atoms with E-state index in [1.54, 1.807) is 36.8 Å². The fraction of sp³-hybridized carbons (Fsp3) is 0.370. The van der Waals surface area contributed by atoms with Gasteiger partial charge in [-0.15, -0.1) is 22.7 Å². The van der Waals surface area contributed by atoms with E-state index in [4.69, 9.17) is 20.3 Å². The van der Waals surface area contributed by atoms with Crippen LogP contribution in [0, 0.1) is 0 Å². The average Bonchev–Trinajstić information content (AvgIpc) is 3.72. The predicted octanol–water partition coefficient (Wildman–Crippen LogP) is 5.32. The molecule has 0 aliphatic heterocycles. The zero-order chi connectivity index (χ0) is 26.5. The molecule has 0 aromatic carbocycles. The number of carbonyl (C=O) groups is 3. The van der Waals surface area contributed by atoms with E-state index in [1.807, 2.05) is 0 Å². The molecule has 0 bridgehead atoms. The number of nitrogens with two attached hydrogens (primary N) is 2. The number of nitrogen functional groups attached to an aromatic ring is 2. The number of ketones is 3. The Morgan fingerprint density at radius 1 is 0.737 bits per heavy atom. The lowest BCUT2D eigenvalue weighted by Gasteiger charge is -2.44. The van der Waals surface area contributed by atoms with Gasteiger partial charge in [0.2, 0.25) is 0 Å². The summed E-state index contributed by atoms with van der Waals surface area (Å²) < 4.78 is 11.4. The maximum Gasteiger partial charge on any atom is 0.180 e. The standard InChI is InChI=1S/C27H26N4O5S2/c28-24-30-19(17-3-1-13-35-17)21(37-24)26(9-5-15(32)6-10-26)23(34)27(11-7-16(33)8-12-27)22-20(31-25(29)38-22)18-4-2-14-36-18/h1-4,13-14H,5-12H2,(H2,28,30)(H2,29,31). The molecule has 2 fully saturated rings. The number of carbonyl (C=O) groups excluding carboxylic acids is 3. The van der Waals surface area contributed by atoms with Crippen LogP contribution in [0.4, 0.5) is 10.3 Å². The molecule has 2 aliphatic carbocycles. The van der Waals surface area contributed by atoms with Gasteiger partial charge < -0.3 is 20.3 Å². The molecule has 0 saturated heterocycles. The number of hydrogen-bond donors (Lipinski definition) is 2. The minimum Gasteiger partial charge on any atom is -0.463 e. The molecule has 196 valence electrons. The third-order valence-corrected chi connectivity index (χ3v) is 10.0. The topological polar surface area (TPSA) is 155 Å². The Morgan fingerprint density at radius 3 is 1.47 bits per heavy atom. The minimum absolute atomic E-state index is 0.0436. The van der Waals surface area contributed by atoms with Crippen molar-refractivity contribution in [2.75, 3.05) is 11.5 Å². The van der Waals surface area contributed by atoms with Gasteiger partial charge in [-0.05, 0) is 49.9 Å². The molecular weight excluding hydrogens is 524 g/mol. The van der Waals surface area contributed by atoms with Crippen molar-refractivity contribution >= 4 is 50.3 Å². The Balaban J connectivity index is 1.57. The van der Waals surface area contributed by atoms with Crippen molar-refractivity contribution in [1.82, 2.24) is 9.97 Å². The molecule has 4 aromatic heterocycles. The highest BCUT2D eigenvalue weighted by molar-refractivity contribution is 7.16. The highest BCUT2D eigenvalue weighted by Crippen LogP contribution is 2.55. The molecule has 0 spiro atoms. The summed E-state index contributed by atoms with van der Waals surface area (Å²) in [4.78, 5) is 50.7. The smallest absolute Gasteiger partial charge is 0.180 e. The molecule has 11 heteroatoms. The van der Waals surface area contributed by atoms with Gasteiger partial charge in [0.1, 0.15) is 23.0 Å². The molecule has 6 rings (SSSR count). The lowest BCUT2D eigenvalue weighted by atomic mass is 9.57. The monoisotopic (exact) mass is 550 g/mol. The van der Waals surface area contributed by atoms with Crippen molar-refractivity contribution in [2.45, 2.75) is 62.2 Å². The summed E-state index contributed by atoms with van der Waals surface area (Å²) >= 11 is 2.53. The number of thiazole rings is 2. The van der Waals surface area contributed by atoms with Gasteiger partial charge in [-0.25, -0.2) is 9.97 Å². The first-order chi connectivity index (χ1) is 18.3. The van der Waals surface area contributed by atoms with Crippen LogP contribution in [0.2, 0.25) is 0 Å². The molecule has 0 atom stereocenters. The first kappa shape index (κ1) is 24.7. The molecule has 2 saturated carbocycles. The molecular formula is C27H26N4O5S2. The summed E-state index contributed by atoms with van der Waals surface area (Å²) in [5.74, 6) is 1.23. The minimum atomic E-state index is -1.04. The van der Waals surface area contributed by atoms with E-state index >= 15 is 4.79 Å². The molecule has 4 N–H and O–H groups in total. The largest absolute Gasteiger partial charge is 0.463 e. The fourth-order valence-corrected chi connectivity index (χ4v) is 8.13. The van der Waals surface area contributed by atoms with Crippen molar-refractivity contribution in [3.05, 3.63) is 46.5 Å². The summed E-state index contributed by atoms with van der Waals surface area (Å²) in [6.07, 6.45) is 5.52. The second-order valence-electron chi connectivity index (χ2n) is 9.98. The van der Waals surface area contributed by atoms with Gasteiger partial charge in [-0.2, -0.15) is 0 Å². The van der Waals surface area contributed by atoms with Crippen molar-refractivity contribution in [3.63, 3.8) is 0 Å². The van der Waals surface area contributed by atoms with Gasteiger partial charge >= 0.3 is 0 Å². The third-order valence-electron chi connectivity index (χ3n) is 7.86. The highest BCUT2D eigenvalue weighted by Gasteiger charge is 2.57. The van der Waals surface area contributed by atoms with E-state index in [1.165, 1.54) is 22.7 Å². The maximum absolute atomic E-state index is 15.3. The van der Waals surface area contributed by atoms with E-state index in [2.05, 4.69) is 9.97 Å². The van der Waals surface area contributed by atoms with Crippen LogP contribution < -0.4 is 11.5 Å². The molecule has 0 radical (unpaired) electrons. The normalized spacial score (nSPS) is 19.1. The number of rotatable bonds is 6. The Morgan fingerprint density at radius 2 is 1.13 bits per heavy atom. The van der Waals surface area contributed by atoms with Crippen LogP contribution in [0.25, 0.3) is 22.9 Å². The fourth-order valence-electron chi connectivity index (χ4n) is 5.97. The zero-order valence-corrected chi connectivity index (χ0v) is 22.2. The predicted molar refractivity (Wildman–Crippen MR) is 144 cm³/mol. The summed E-state index contributed by atoms with van der Waals surface area (Å²) in [5, 5.41) is 0.642.